The molecule has 0 aromatic heterocycles. The standard InChI is InChI=1S/C11H24ClNO3S/c1-5-11(6-2,9-12)13-17(14,15)8-7-16-10(3)4/h10,13H,5-9H2,1-4H3. The molecule has 0 rings (SSSR count). The van der Waals surface area contributed by atoms with Crippen LogP contribution in [0.1, 0.15) is 40.5 Å². The Morgan fingerprint density at radius 1 is 1.29 bits per heavy atom. The summed E-state index contributed by atoms with van der Waals surface area (Å²) in [5.41, 5.74) is -0.530. The number of ether oxygens (including phenoxy) is 1. The minimum absolute atomic E-state index is 0.0240. The Balaban J connectivity index is 4.42. The van der Waals surface area contributed by atoms with E-state index in [0.29, 0.717) is 12.8 Å². The van der Waals surface area contributed by atoms with Gasteiger partial charge in [0.05, 0.1) is 18.5 Å². The predicted molar refractivity (Wildman–Crippen MR) is 72.0 cm³/mol. The largest absolute Gasteiger partial charge is 0.378 e. The van der Waals surface area contributed by atoms with Crippen LogP contribution in [0.5, 0.6) is 0 Å². The molecule has 0 aliphatic rings. The summed E-state index contributed by atoms with van der Waals surface area (Å²) in [5.74, 6) is 0.258. The van der Waals surface area contributed by atoms with Crippen molar-refractivity contribution in [2.75, 3.05) is 18.2 Å². The SMILES string of the molecule is CCC(CC)(CCl)NS(=O)(=O)CCOC(C)C. The zero-order valence-electron chi connectivity index (χ0n) is 11.1. The molecule has 4 nitrogen and oxygen atoms in total. The van der Waals surface area contributed by atoms with Gasteiger partial charge in [0.2, 0.25) is 10.0 Å². The van der Waals surface area contributed by atoms with Crippen molar-refractivity contribution in [3.63, 3.8) is 0 Å². The summed E-state index contributed by atoms with van der Waals surface area (Å²) in [7, 11) is -3.33. The van der Waals surface area contributed by atoms with E-state index in [4.69, 9.17) is 16.3 Å². The third kappa shape index (κ3) is 6.60. The number of rotatable bonds is 9. The zero-order valence-corrected chi connectivity index (χ0v) is 12.7. The van der Waals surface area contributed by atoms with Crippen molar-refractivity contribution in [3.05, 3.63) is 0 Å². The third-order valence-electron chi connectivity index (χ3n) is 2.78. The molecule has 17 heavy (non-hydrogen) atoms. The van der Waals surface area contributed by atoms with E-state index in [1.165, 1.54) is 0 Å². The molecule has 6 heteroatoms. The first-order valence-electron chi connectivity index (χ1n) is 6.00. The van der Waals surface area contributed by atoms with Gasteiger partial charge in [-0.3, -0.25) is 0 Å². The molecule has 0 aliphatic heterocycles. The third-order valence-corrected chi connectivity index (χ3v) is 4.74. The zero-order chi connectivity index (χ0) is 13.5. The summed E-state index contributed by atoms with van der Waals surface area (Å²) in [4.78, 5) is 0. The minimum atomic E-state index is -3.33. The summed E-state index contributed by atoms with van der Waals surface area (Å²) in [5, 5.41) is 0. The Kier molecular flexibility index (Phi) is 7.63. The van der Waals surface area contributed by atoms with Gasteiger partial charge in [0.15, 0.2) is 0 Å². The van der Waals surface area contributed by atoms with Gasteiger partial charge in [0, 0.05) is 11.4 Å². The highest BCUT2D eigenvalue weighted by atomic mass is 35.5. The van der Waals surface area contributed by atoms with E-state index in [2.05, 4.69) is 4.72 Å². The second-order valence-electron chi connectivity index (χ2n) is 4.46. The normalized spacial score (nSPS) is 13.3. The number of nitrogens with one attached hydrogen (secondary N) is 1. The van der Waals surface area contributed by atoms with Crippen molar-refractivity contribution in [1.82, 2.24) is 4.72 Å². The molecule has 0 fully saturated rings. The highest BCUT2D eigenvalue weighted by Gasteiger charge is 2.30. The first-order valence-corrected chi connectivity index (χ1v) is 8.18. The maximum atomic E-state index is 11.9. The van der Waals surface area contributed by atoms with Crippen molar-refractivity contribution in [3.8, 4) is 0 Å². The number of sulfonamides is 1. The molecule has 0 aliphatic carbocycles. The van der Waals surface area contributed by atoms with Crippen LogP contribution >= 0.6 is 11.6 Å². The first-order chi connectivity index (χ1) is 7.81. The van der Waals surface area contributed by atoms with Crippen molar-refractivity contribution in [2.45, 2.75) is 52.2 Å². The predicted octanol–water partition coefficient (Wildman–Crippen LogP) is 2.13. The van der Waals surface area contributed by atoms with Crippen molar-refractivity contribution >= 4 is 21.6 Å². The molecule has 0 bridgehead atoms. The smallest absolute Gasteiger partial charge is 0.214 e. The number of alkyl halides is 1. The number of halogens is 1. The van der Waals surface area contributed by atoms with Gasteiger partial charge in [0.1, 0.15) is 0 Å². The van der Waals surface area contributed by atoms with Crippen LogP contribution in [0.25, 0.3) is 0 Å². The molecule has 0 saturated heterocycles. The Hall–Kier alpha value is 0.160. The molecule has 0 amide bonds. The van der Waals surface area contributed by atoms with Crippen LogP contribution in [-0.2, 0) is 14.8 Å². The van der Waals surface area contributed by atoms with Gasteiger partial charge in [-0.05, 0) is 26.7 Å². The second kappa shape index (κ2) is 7.56. The van der Waals surface area contributed by atoms with Crippen molar-refractivity contribution < 1.29 is 13.2 Å². The average Bonchev–Trinajstić information content (AvgIpc) is 2.25. The Morgan fingerprint density at radius 3 is 2.18 bits per heavy atom. The van der Waals surface area contributed by atoms with Gasteiger partial charge >= 0.3 is 0 Å². The van der Waals surface area contributed by atoms with Gasteiger partial charge in [-0.25, -0.2) is 13.1 Å². The van der Waals surface area contributed by atoms with E-state index in [9.17, 15) is 8.42 Å². The summed E-state index contributed by atoms with van der Waals surface area (Å²) in [6.07, 6.45) is 1.40. The Morgan fingerprint density at radius 2 is 1.82 bits per heavy atom. The molecule has 0 spiro atoms. The Bertz CT molecular complexity index is 292. The average molecular weight is 286 g/mol. The van der Waals surface area contributed by atoms with E-state index >= 15 is 0 Å². The lowest BCUT2D eigenvalue weighted by Gasteiger charge is -2.30. The van der Waals surface area contributed by atoms with Gasteiger partial charge in [-0.2, -0.15) is 0 Å². The topological polar surface area (TPSA) is 55.4 Å². The van der Waals surface area contributed by atoms with E-state index in [0.717, 1.165) is 0 Å². The summed E-state index contributed by atoms with van der Waals surface area (Å²) in [6.45, 7) is 7.82. The van der Waals surface area contributed by atoms with Crippen LogP contribution in [0.3, 0.4) is 0 Å². The lowest BCUT2D eigenvalue weighted by Crippen LogP contribution is -2.50. The molecular formula is C11H24ClNO3S. The molecule has 0 aromatic carbocycles. The Labute approximate surface area is 110 Å². The van der Waals surface area contributed by atoms with E-state index in [1.807, 2.05) is 27.7 Å². The fraction of sp³-hybridized carbons (Fsp3) is 1.00. The van der Waals surface area contributed by atoms with Gasteiger partial charge in [0.25, 0.3) is 0 Å². The monoisotopic (exact) mass is 285 g/mol. The van der Waals surface area contributed by atoms with Gasteiger partial charge in [-0.15, -0.1) is 11.6 Å². The fourth-order valence-corrected chi connectivity index (χ4v) is 3.35. The second-order valence-corrected chi connectivity index (χ2v) is 6.57. The molecule has 0 unspecified atom stereocenters. The summed E-state index contributed by atoms with van der Waals surface area (Å²) < 4.78 is 31.6. The highest BCUT2D eigenvalue weighted by Crippen LogP contribution is 2.18. The van der Waals surface area contributed by atoms with Crippen molar-refractivity contribution in [2.24, 2.45) is 0 Å². The summed E-state index contributed by atoms with van der Waals surface area (Å²) >= 11 is 5.86. The highest BCUT2D eigenvalue weighted by molar-refractivity contribution is 7.89. The maximum Gasteiger partial charge on any atom is 0.214 e. The number of hydrogen-bond acceptors (Lipinski definition) is 3. The van der Waals surface area contributed by atoms with E-state index in [1.54, 1.807) is 0 Å². The van der Waals surface area contributed by atoms with Crippen LogP contribution < -0.4 is 4.72 Å². The van der Waals surface area contributed by atoms with Crippen LogP contribution in [0.4, 0.5) is 0 Å². The fourth-order valence-electron chi connectivity index (χ4n) is 1.39. The van der Waals surface area contributed by atoms with Crippen LogP contribution in [0, 0.1) is 0 Å². The molecule has 0 atom stereocenters. The van der Waals surface area contributed by atoms with Crippen LogP contribution in [0.2, 0.25) is 0 Å². The van der Waals surface area contributed by atoms with Crippen molar-refractivity contribution in [1.29, 1.82) is 0 Å². The molecule has 1 N–H and O–H groups in total. The lowest BCUT2D eigenvalue weighted by molar-refractivity contribution is 0.0910. The lowest BCUT2D eigenvalue weighted by atomic mass is 9.97. The first kappa shape index (κ1) is 17.2. The van der Waals surface area contributed by atoms with Crippen LogP contribution in [-0.4, -0.2) is 38.3 Å². The molecule has 104 valence electrons. The maximum absolute atomic E-state index is 11.9. The van der Waals surface area contributed by atoms with E-state index < -0.39 is 15.6 Å². The van der Waals surface area contributed by atoms with Gasteiger partial charge < -0.3 is 4.74 Å². The number of hydrogen-bond donors (Lipinski definition) is 1. The molecule has 0 radical (unpaired) electrons. The van der Waals surface area contributed by atoms with Gasteiger partial charge in [-0.1, -0.05) is 13.8 Å². The summed E-state index contributed by atoms with van der Waals surface area (Å²) in [6, 6.07) is 0. The van der Waals surface area contributed by atoms with E-state index in [-0.39, 0.29) is 24.3 Å². The molecule has 0 aromatic rings. The molecule has 0 heterocycles. The quantitative estimate of drug-likeness (QED) is 0.660. The molecular weight excluding hydrogens is 262 g/mol. The van der Waals surface area contributed by atoms with Crippen LogP contribution in [0.15, 0.2) is 0 Å². The minimum Gasteiger partial charge on any atom is -0.378 e. The molecule has 0 saturated carbocycles.